The number of benzene rings is 1. The largest absolute Gasteiger partial charge is 0.473 e. The molecule has 0 amide bonds. The maximum absolute atomic E-state index is 5.88. The van der Waals surface area contributed by atoms with Crippen molar-refractivity contribution in [2.24, 2.45) is 0 Å². The number of pyridine rings is 1. The van der Waals surface area contributed by atoms with Crippen molar-refractivity contribution in [3.63, 3.8) is 0 Å². The lowest BCUT2D eigenvalue weighted by Gasteiger charge is -2.08. The summed E-state index contributed by atoms with van der Waals surface area (Å²) in [5, 5.41) is 1.16. The van der Waals surface area contributed by atoms with Crippen molar-refractivity contribution in [1.82, 2.24) is 4.98 Å². The molecule has 0 saturated carbocycles. The first-order valence-corrected chi connectivity index (χ1v) is 5.91. The van der Waals surface area contributed by atoms with Crippen LogP contribution in [0.1, 0.15) is 11.1 Å². The van der Waals surface area contributed by atoms with Crippen LogP contribution in [0, 0.1) is 6.92 Å². The molecule has 1 aromatic heterocycles. The van der Waals surface area contributed by atoms with Crippen molar-refractivity contribution in [2.75, 3.05) is 0 Å². The van der Waals surface area contributed by atoms with E-state index in [0.717, 1.165) is 16.1 Å². The highest BCUT2D eigenvalue weighted by atomic mass is 35.5. The average Bonchev–Trinajstić information content (AvgIpc) is 2.28. The van der Waals surface area contributed by atoms with Crippen LogP contribution in [0.4, 0.5) is 0 Å². The summed E-state index contributed by atoms with van der Waals surface area (Å²) < 4.78 is 5.55. The van der Waals surface area contributed by atoms with Gasteiger partial charge in [0.1, 0.15) is 11.8 Å². The molecule has 2 aromatic rings. The zero-order chi connectivity index (χ0) is 12.3. The summed E-state index contributed by atoms with van der Waals surface area (Å²) in [7, 11) is 0. The van der Waals surface area contributed by atoms with Crippen LogP contribution in [0.2, 0.25) is 10.2 Å². The monoisotopic (exact) mass is 267 g/mol. The molecule has 2 rings (SSSR count). The van der Waals surface area contributed by atoms with Gasteiger partial charge in [-0.1, -0.05) is 35.3 Å². The number of hydrogen-bond donors (Lipinski definition) is 0. The summed E-state index contributed by atoms with van der Waals surface area (Å²) >= 11 is 11.7. The second-order valence-electron chi connectivity index (χ2n) is 3.66. The molecule has 1 heterocycles. The minimum atomic E-state index is 0.426. The zero-order valence-electron chi connectivity index (χ0n) is 9.28. The quantitative estimate of drug-likeness (QED) is 0.775. The number of ether oxygens (including phenoxy) is 1. The molecule has 0 saturated heterocycles. The maximum atomic E-state index is 5.88. The van der Waals surface area contributed by atoms with Gasteiger partial charge in [0.2, 0.25) is 5.88 Å². The van der Waals surface area contributed by atoms with Crippen LogP contribution in [0.25, 0.3) is 0 Å². The van der Waals surface area contributed by atoms with Gasteiger partial charge in [-0.05, 0) is 36.2 Å². The molecule has 0 aliphatic rings. The first-order chi connectivity index (χ1) is 8.15. The Hall–Kier alpha value is -1.25. The normalized spacial score (nSPS) is 10.3. The molecule has 88 valence electrons. The third-order valence-corrected chi connectivity index (χ3v) is 2.82. The number of aromatic nitrogens is 1. The van der Waals surface area contributed by atoms with Gasteiger partial charge >= 0.3 is 0 Å². The molecule has 4 heteroatoms. The Morgan fingerprint density at radius 2 is 2.00 bits per heavy atom. The van der Waals surface area contributed by atoms with Crippen LogP contribution >= 0.6 is 23.2 Å². The molecule has 0 bridgehead atoms. The van der Waals surface area contributed by atoms with Crippen molar-refractivity contribution in [2.45, 2.75) is 13.5 Å². The van der Waals surface area contributed by atoms with Crippen LogP contribution in [0.5, 0.6) is 5.88 Å². The third kappa shape index (κ3) is 3.35. The van der Waals surface area contributed by atoms with Gasteiger partial charge in [-0.25, -0.2) is 4.98 Å². The highest BCUT2D eigenvalue weighted by Gasteiger charge is 2.02. The smallest absolute Gasteiger partial charge is 0.214 e. The Kier molecular flexibility index (Phi) is 3.87. The molecule has 0 aliphatic heterocycles. The Bertz CT molecular complexity index is 529. The minimum Gasteiger partial charge on any atom is -0.473 e. The molecule has 17 heavy (non-hydrogen) atoms. The van der Waals surface area contributed by atoms with Gasteiger partial charge in [-0.2, -0.15) is 0 Å². The molecular formula is C13H11Cl2NO. The Morgan fingerprint density at radius 3 is 2.71 bits per heavy atom. The number of rotatable bonds is 3. The summed E-state index contributed by atoms with van der Waals surface area (Å²) in [6.45, 7) is 2.45. The first kappa shape index (κ1) is 12.2. The standard InChI is InChI=1S/C13H11Cl2NO/c1-9-7-11(14)6-5-10(9)8-17-13-4-2-3-12(15)16-13/h2-7H,8H2,1H3. The summed E-state index contributed by atoms with van der Waals surface area (Å²) in [5.74, 6) is 0.520. The van der Waals surface area contributed by atoms with Crippen molar-refractivity contribution >= 4 is 23.2 Å². The van der Waals surface area contributed by atoms with Crippen LogP contribution in [-0.4, -0.2) is 4.98 Å². The van der Waals surface area contributed by atoms with Gasteiger partial charge in [-0.15, -0.1) is 0 Å². The minimum absolute atomic E-state index is 0.426. The van der Waals surface area contributed by atoms with Gasteiger partial charge in [0.15, 0.2) is 0 Å². The molecule has 0 unspecified atom stereocenters. The first-order valence-electron chi connectivity index (χ1n) is 5.15. The van der Waals surface area contributed by atoms with Crippen LogP contribution < -0.4 is 4.74 Å². The van der Waals surface area contributed by atoms with Crippen molar-refractivity contribution in [1.29, 1.82) is 0 Å². The second kappa shape index (κ2) is 5.39. The highest BCUT2D eigenvalue weighted by Crippen LogP contribution is 2.18. The van der Waals surface area contributed by atoms with E-state index in [1.807, 2.05) is 25.1 Å². The molecule has 0 radical (unpaired) electrons. The van der Waals surface area contributed by atoms with E-state index in [4.69, 9.17) is 27.9 Å². The van der Waals surface area contributed by atoms with E-state index in [9.17, 15) is 0 Å². The summed E-state index contributed by atoms with van der Waals surface area (Å²) in [6.07, 6.45) is 0. The molecule has 0 aliphatic carbocycles. The van der Waals surface area contributed by atoms with Gasteiger partial charge in [0.05, 0.1) is 0 Å². The average molecular weight is 268 g/mol. The fraction of sp³-hybridized carbons (Fsp3) is 0.154. The van der Waals surface area contributed by atoms with E-state index < -0.39 is 0 Å². The summed E-state index contributed by atoms with van der Waals surface area (Å²) in [5.41, 5.74) is 2.18. The van der Waals surface area contributed by atoms with E-state index >= 15 is 0 Å². The van der Waals surface area contributed by atoms with Crippen molar-refractivity contribution < 1.29 is 4.74 Å². The van der Waals surface area contributed by atoms with Crippen molar-refractivity contribution in [3.05, 3.63) is 57.7 Å². The van der Waals surface area contributed by atoms with Gasteiger partial charge in [-0.3, -0.25) is 0 Å². The fourth-order valence-corrected chi connectivity index (χ4v) is 1.83. The van der Waals surface area contributed by atoms with Gasteiger partial charge in [0.25, 0.3) is 0 Å². The Morgan fingerprint density at radius 1 is 1.18 bits per heavy atom. The van der Waals surface area contributed by atoms with E-state index in [2.05, 4.69) is 4.98 Å². The molecule has 0 atom stereocenters. The topological polar surface area (TPSA) is 22.1 Å². The summed E-state index contributed by atoms with van der Waals surface area (Å²) in [4.78, 5) is 4.05. The highest BCUT2D eigenvalue weighted by molar-refractivity contribution is 6.30. The Balaban J connectivity index is 2.07. The Labute approximate surface area is 110 Å². The van der Waals surface area contributed by atoms with Crippen LogP contribution in [0.15, 0.2) is 36.4 Å². The number of nitrogens with zero attached hydrogens (tertiary/aromatic N) is 1. The fourth-order valence-electron chi connectivity index (χ4n) is 1.44. The molecule has 0 N–H and O–H groups in total. The zero-order valence-corrected chi connectivity index (χ0v) is 10.8. The van der Waals surface area contributed by atoms with E-state index in [1.54, 1.807) is 18.2 Å². The van der Waals surface area contributed by atoms with E-state index in [-0.39, 0.29) is 0 Å². The lowest BCUT2D eigenvalue weighted by atomic mass is 10.1. The lowest BCUT2D eigenvalue weighted by molar-refractivity contribution is 0.293. The molecule has 1 aromatic carbocycles. The predicted molar refractivity (Wildman–Crippen MR) is 69.8 cm³/mol. The number of hydrogen-bond acceptors (Lipinski definition) is 2. The number of aryl methyl sites for hydroxylation is 1. The van der Waals surface area contributed by atoms with Gasteiger partial charge < -0.3 is 4.74 Å². The molecular weight excluding hydrogens is 257 g/mol. The molecule has 0 fully saturated rings. The van der Waals surface area contributed by atoms with Crippen molar-refractivity contribution in [3.8, 4) is 5.88 Å². The molecule has 0 spiro atoms. The second-order valence-corrected chi connectivity index (χ2v) is 4.48. The third-order valence-electron chi connectivity index (χ3n) is 2.37. The van der Waals surface area contributed by atoms with E-state index in [0.29, 0.717) is 17.6 Å². The van der Waals surface area contributed by atoms with Gasteiger partial charge in [0, 0.05) is 11.1 Å². The maximum Gasteiger partial charge on any atom is 0.214 e. The van der Waals surface area contributed by atoms with Crippen LogP contribution in [0.3, 0.4) is 0 Å². The lowest BCUT2D eigenvalue weighted by Crippen LogP contribution is -1.99. The number of halogens is 2. The SMILES string of the molecule is Cc1cc(Cl)ccc1COc1cccc(Cl)n1. The summed E-state index contributed by atoms with van der Waals surface area (Å²) in [6, 6.07) is 11.0. The molecule has 2 nitrogen and oxygen atoms in total. The van der Waals surface area contributed by atoms with Crippen LogP contribution in [-0.2, 0) is 6.61 Å². The van der Waals surface area contributed by atoms with E-state index in [1.165, 1.54) is 0 Å². The predicted octanol–water partition coefficient (Wildman–Crippen LogP) is 4.28.